The Balaban J connectivity index is 2.86. The highest BCUT2D eigenvalue weighted by Crippen LogP contribution is 2.10. The molecule has 0 saturated carbocycles. The Labute approximate surface area is 141 Å². The second-order valence-corrected chi connectivity index (χ2v) is 5.81. The average Bonchev–Trinajstić information content (AvgIpc) is 2.58. The lowest BCUT2D eigenvalue weighted by atomic mass is 9.97. The normalized spacial score (nSPS) is 14.3. The first-order chi connectivity index (χ1) is 11.4. The molecule has 132 valence electrons. The van der Waals surface area contributed by atoms with Crippen LogP contribution in [0.15, 0.2) is 24.5 Å². The minimum atomic E-state index is -1.07. The van der Waals surface area contributed by atoms with E-state index in [1.807, 2.05) is 20.8 Å². The Morgan fingerprint density at radius 1 is 1.17 bits per heavy atom. The number of aromatic amines is 1. The van der Waals surface area contributed by atoms with Crippen LogP contribution in [0.2, 0.25) is 0 Å². The molecule has 3 atom stereocenters. The predicted molar refractivity (Wildman–Crippen MR) is 88.2 cm³/mol. The van der Waals surface area contributed by atoms with E-state index in [0.717, 1.165) is 0 Å². The summed E-state index contributed by atoms with van der Waals surface area (Å²) in [6.45, 7) is 5.61. The van der Waals surface area contributed by atoms with Crippen LogP contribution in [0.4, 0.5) is 0 Å². The van der Waals surface area contributed by atoms with Crippen LogP contribution in [-0.2, 0) is 9.59 Å². The van der Waals surface area contributed by atoms with Gasteiger partial charge in [-0.05, 0) is 12.3 Å². The third-order valence-corrected chi connectivity index (χ3v) is 3.95. The van der Waals surface area contributed by atoms with E-state index in [4.69, 9.17) is 0 Å². The maximum Gasteiger partial charge on any atom is 0.326 e. The number of rotatable bonds is 9. The molecule has 7 heteroatoms. The molecule has 2 amide bonds. The Bertz CT molecular complexity index is 562. The Morgan fingerprint density at radius 2 is 1.79 bits per heavy atom. The SMILES string of the molecule is CCC[C@H](NC(=O)C(NC(=O)c1cc[nH+]cc1)C(C)CC)C(=O)O. The van der Waals surface area contributed by atoms with Crippen LogP contribution < -0.4 is 15.6 Å². The summed E-state index contributed by atoms with van der Waals surface area (Å²) >= 11 is 0. The number of carbonyl (C=O) groups excluding carboxylic acids is 2. The van der Waals surface area contributed by atoms with Crippen molar-refractivity contribution >= 4 is 17.8 Å². The van der Waals surface area contributed by atoms with E-state index in [2.05, 4.69) is 15.6 Å². The van der Waals surface area contributed by atoms with Crippen molar-refractivity contribution in [3.63, 3.8) is 0 Å². The molecule has 1 rings (SSSR count). The van der Waals surface area contributed by atoms with Crippen LogP contribution >= 0.6 is 0 Å². The van der Waals surface area contributed by atoms with Crippen LogP contribution in [0.1, 0.15) is 50.4 Å². The molecular formula is C17H26N3O4+. The van der Waals surface area contributed by atoms with Gasteiger partial charge in [0.1, 0.15) is 12.1 Å². The van der Waals surface area contributed by atoms with E-state index in [-0.39, 0.29) is 11.8 Å². The molecule has 1 aromatic heterocycles. The van der Waals surface area contributed by atoms with Crippen LogP contribution in [0.5, 0.6) is 0 Å². The lowest BCUT2D eigenvalue weighted by Crippen LogP contribution is -2.54. The van der Waals surface area contributed by atoms with Crippen molar-refractivity contribution in [2.45, 2.75) is 52.1 Å². The summed E-state index contributed by atoms with van der Waals surface area (Å²) in [5, 5.41) is 14.4. The second kappa shape index (κ2) is 9.64. The van der Waals surface area contributed by atoms with E-state index in [9.17, 15) is 19.5 Å². The van der Waals surface area contributed by atoms with Crippen molar-refractivity contribution in [3.8, 4) is 0 Å². The van der Waals surface area contributed by atoms with Crippen molar-refractivity contribution in [3.05, 3.63) is 30.1 Å². The van der Waals surface area contributed by atoms with E-state index in [1.165, 1.54) is 0 Å². The maximum absolute atomic E-state index is 12.5. The van der Waals surface area contributed by atoms with Crippen molar-refractivity contribution in [1.29, 1.82) is 0 Å². The van der Waals surface area contributed by atoms with E-state index in [1.54, 1.807) is 24.5 Å². The molecule has 7 nitrogen and oxygen atoms in total. The third kappa shape index (κ3) is 5.64. The molecule has 1 aromatic rings. The van der Waals surface area contributed by atoms with Gasteiger partial charge in [-0.25, -0.2) is 9.78 Å². The number of carboxylic acids is 1. The Kier molecular flexibility index (Phi) is 7.88. The van der Waals surface area contributed by atoms with Crippen molar-refractivity contribution < 1.29 is 24.5 Å². The minimum Gasteiger partial charge on any atom is -0.480 e. The number of pyridine rings is 1. The number of aromatic nitrogens is 1. The standard InChI is InChI=1S/C17H25N3O4/c1-4-6-13(17(23)24)19-16(22)14(11(3)5-2)20-15(21)12-7-9-18-10-8-12/h7-11,13-14H,4-6H2,1-3H3,(H,19,22)(H,20,21)(H,23,24)/p+1/t11?,13-,14?/m0/s1. The average molecular weight is 336 g/mol. The molecule has 0 aliphatic carbocycles. The van der Waals surface area contributed by atoms with Gasteiger partial charge >= 0.3 is 5.97 Å². The summed E-state index contributed by atoms with van der Waals surface area (Å²) in [7, 11) is 0. The van der Waals surface area contributed by atoms with Gasteiger partial charge in [-0.1, -0.05) is 33.6 Å². The molecule has 0 radical (unpaired) electrons. The number of amides is 2. The zero-order valence-electron chi connectivity index (χ0n) is 14.3. The number of H-pyrrole nitrogens is 1. The first kappa shape index (κ1) is 19.6. The van der Waals surface area contributed by atoms with Crippen LogP contribution in [0.3, 0.4) is 0 Å². The molecule has 0 saturated heterocycles. The summed E-state index contributed by atoms with van der Waals surface area (Å²) < 4.78 is 0. The van der Waals surface area contributed by atoms with Crippen LogP contribution in [0, 0.1) is 5.92 Å². The lowest BCUT2D eigenvalue weighted by molar-refractivity contribution is -0.378. The monoisotopic (exact) mass is 336 g/mol. The third-order valence-electron chi connectivity index (χ3n) is 3.95. The second-order valence-electron chi connectivity index (χ2n) is 5.81. The quantitative estimate of drug-likeness (QED) is 0.625. The van der Waals surface area contributed by atoms with Gasteiger partial charge in [0.25, 0.3) is 5.91 Å². The van der Waals surface area contributed by atoms with Gasteiger partial charge in [-0.2, -0.15) is 0 Å². The van der Waals surface area contributed by atoms with Crippen molar-refractivity contribution in [2.24, 2.45) is 5.92 Å². The molecule has 0 aromatic carbocycles. The fraction of sp³-hybridized carbons (Fsp3) is 0.529. The van der Waals surface area contributed by atoms with E-state index in [0.29, 0.717) is 24.8 Å². The molecule has 0 spiro atoms. The van der Waals surface area contributed by atoms with Gasteiger partial charge in [0, 0.05) is 12.1 Å². The molecule has 2 unspecified atom stereocenters. The zero-order chi connectivity index (χ0) is 18.1. The fourth-order valence-corrected chi connectivity index (χ4v) is 2.27. The minimum absolute atomic E-state index is 0.125. The summed E-state index contributed by atoms with van der Waals surface area (Å²) in [5.41, 5.74) is 0.429. The Morgan fingerprint density at radius 3 is 2.29 bits per heavy atom. The fourth-order valence-electron chi connectivity index (χ4n) is 2.27. The van der Waals surface area contributed by atoms with E-state index >= 15 is 0 Å². The number of carbonyl (C=O) groups is 3. The highest BCUT2D eigenvalue weighted by Gasteiger charge is 2.29. The smallest absolute Gasteiger partial charge is 0.326 e. The predicted octanol–water partition coefficient (Wildman–Crippen LogP) is 1.01. The van der Waals surface area contributed by atoms with Gasteiger partial charge in [0.2, 0.25) is 5.91 Å². The number of nitrogens with one attached hydrogen (secondary N) is 3. The summed E-state index contributed by atoms with van der Waals surface area (Å²) in [5.74, 6) is -2.04. The van der Waals surface area contributed by atoms with Gasteiger partial charge in [-0.15, -0.1) is 0 Å². The van der Waals surface area contributed by atoms with E-state index < -0.39 is 24.0 Å². The first-order valence-electron chi connectivity index (χ1n) is 8.20. The molecular weight excluding hydrogens is 310 g/mol. The van der Waals surface area contributed by atoms with Crippen LogP contribution in [-0.4, -0.2) is 35.0 Å². The van der Waals surface area contributed by atoms with Gasteiger partial charge in [-0.3, -0.25) is 9.59 Å². The summed E-state index contributed by atoms with van der Waals surface area (Å²) in [6, 6.07) is 1.48. The summed E-state index contributed by atoms with van der Waals surface area (Å²) in [6.07, 6.45) is 4.89. The molecule has 0 aliphatic rings. The topological polar surface area (TPSA) is 110 Å². The number of hydrogen-bond acceptors (Lipinski definition) is 3. The lowest BCUT2D eigenvalue weighted by Gasteiger charge is -2.25. The highest BCUT2D eigenvalue weighted by atomic mass is 16.4. The highest BCUT2D eigenvalue weighted by molar-refractivity contribution is 5.98. The van der Waals surface area contributed by atoms with Gasteiger partial charge in [0.05, 0.1) is 5.56 Å². The number of aliphatic carboxylic acids is 1. The number of carboxylic acid groups (broad SMARTS) is 1. The molecule has 0 fully saturated rings. The Hall–Kier alpha value is -2.44. The maximum atomic E-state index is 12.5. The zero-order valence-corrected chi connectivity index (χ0v) is 14.3. The van der Waals surface area contributed by atoms with Gasteiger partial charge < -0.3 is 15.7 Å². The first-order valence-corrected chi connectivity index (χ1v) is 8.20. The summed E-state index contributed by atoms with van der Waals surface area (Å²) in [4.78, 5) is 38.9. The van der Waals surface area contributed by atoms with Crippen molar-refractivity contribution in [1.82, 2.24) is 10.6 Å². The van der Waals surface area contributed by atoms with Crippen LogP contribution in [0.25, 0.3) is 0 Å². The number of hydrogen-bond donors (Lipinski definition) is 3. The van der Waals surface area contributed by atoms with Gasteiger partial charge in [0.15, 0.2) is 12.4 Å². The molecule has 24 heavy (non-hydrogen) atoms. The molecule has 1 heterocycles. The molecule has 0 aliphatic heterocycles. The largest absolute Gasteiger partial charge is 0.480 e. The van der Waals surface area contributed by atoms with Crippen molar-refractivity contribution in [2.75, 3.05) is 0 Å². The molecule has 4 N–H and O–H groups in total. The molecule has 0 bridgehead atoms.